The summed E-state index contributed by atoms with van der Waals surface area (Å²) in [6, 6.07) is 21.3. The zero-order valence-corrected chi connectivity index (χ0v) is 18.1. The van der Waals surface area contributed by atoms with Crippen LogP contribution in [-0.2, 0) is 27.8 Å². The van der Waals surface area contributed by atoms with Crippen LogP contribution in [0.3, 0.4) is 0 Å². The van der Waals surface area contributed by atoms with Gasteiger partial charge in [-0.1, -0.05) is 48.5 Å². The molecule has 0 aliphatic rings. The molecule has 3 rings (SSSR count). The molecule has 0 atom stereocenters. The molecule has 8 heteroatoms. The van der Waals surface area contributed by atoms with Gasteiger partial charge in [0.1, 0.15) is 5.76 Å². The van der Waals surface area contributed by atoms with Crippen LogP contribution in [-0.4, -0.2) is 30.9 Å². The Morgan fingerprint density at radius 1 is 1.00 bits per heavy atom. The van der Waals surface area contributed by atoms with Gasteiger partial charge in [0.15, 0.2) is 0 Å². The van der Waals surface area contributed by atoms with Gasteiger partial charge in [-0.05, 0) is 49.6 Å². The van der Waals surface area contributed by atoms with E-state index in [0.29, 0.717) is 12.2 Å². The average molecular weight is 440 g/mol. The molecule has 0 aliphatic heterocycles. The summed E-state index contributed by atoms with van der Waals surface area (Å²) in [5.41, 5.74) is 4.40. The molecule has 3 aromatic rings. The SMILES string of the molecule is CC(CCc1ccccc1)=NNC(=O)CN(Cc1ccco1)S(=O)(=O)c1ccccc1. The molecule has 1 aromatic heterocycles. The van der Waals surface area contributed by atoms with E-state index >= 15 is 0 Å². The van der Waals surface area contributed by atoms with Gasteiger partial charge in [0.2, 0.25) is 10.0 Å². The van der Waals surface area contributed by atoms with E-state index in [1.54, 1.807) is 30.3 Å². The lowest BCUT2D eigenvalue weighted by molar-refractivity contribution is -0.121. The van der Waals surface area contributed by atoms with E-state index < -0.39 is 15.9 Å². The third-order valence-corrected chi connectivity index (χ3v) is 6.41. The zero-order chi connectivity index (χ0) is 22.1. The van der Waals surface area contributed by atoms with Crippen molar-refractivity contribution in [2.75, 3.05) is 6.54 Å². The summed E-state index contributed by atoms with van der Waals surface area (Å²) in [6.45, 7) is 1.38. The van der Waals surface area contributed by atoms with E-state index in [1.807, 2.05) is 37.3 Å². The number of furan rings is 1. The van der Waals surface area contributed by atoms with Crippen molar-refractivity contribution in [2.45, 2.75) is 31.2 Å². The highest BCUT2D eigenvalue weighted by Gasteiger charge is 2.27. The van der Waals surface area contributed by atoms with E-state index in [0.717, 1.165) is 16.4 Å². The molecular formula is C23H25N3O4S. The van der Waals surface area contributed by atoms with Crippen LogP contribution < -0.4 is 5.43 Å². The average Bonchev–Trinajstić information content (AvgIpc) is 3.30. The number of hydrogen-bond donors (Lipinski definition) is 1. The van der Waals surface area contributed by atoms with Crippen molar-refractivity contribution < 1.29 is 17.6 Å². The van der Waals surface area contributed by atoms with E-state index in [9.17, 15) is 13.2 Å². The minimum atomic E-state index is -3.89. The second kappa shape index (κ2) is 10.7. The summed E-state index contributed by atoms with van der Waals surface area (Å²) in [5, 5.41) is 4.12. The Kier molecular flexibility index (Phi) is 7.75. The number of carbonyl (C=O) groups excluding carboxylic acids is 1. The predicted molar refractivity (Wildman–Crippen MR) is 119 cm³/mol. The maximum atomic E-state index is 13.1. The number of amides is 1. The van der Waals surface area contributed by atoms with Crippen molar-refractivity contribution in [1.29, 1.82) is 0 Å². The minimum Gasteiger partial charge on any atom is -0.468 e. The Labute approximate surface area is 182 Å². The largest absolute Gasteiger partial charge is 0.468 e. The highest BCUT2D eigenvalue weighted by molar-refractivity contribution is 7.89. The van der Waals surface area contributed by atoms with E-state index in [-0.39, 0.29) is 18.0 Å². The summed E-state index contributed by atoms with van der Waals surface area (Å²) in [5.74, 6) is -0.0834. The van der Waals surface area contributed by atoms with Gasteiger partial charge in [-0.15, -0.1) is 0 Å². The zero-order valence-electron chi connectivity index (χ0n) is 17.3. The molecule has 0 saturated heterocycles. The Morgan fingerprint density at radius 3 is 2.32 bits per heavy atom. The van der Waals surface area contributed by atoms with Gasteiger partial charge in [-0.25, -0.2) is 13.8 Å². The van der Waals surface area contributed by atoms with E-state index in [4.69, 9.17) is 4.42 Å². The number of hydrogen-bond acceptors (Lipinski definition) is 5. The molecule has 1 amide bonds. The molecule has 31 heavy (non-hydrogen) atoms. The van der Waals surface area contributed by atoms with Crippen LogP contribution in [0.5, 0.6) is 0 Å². The fourth-order valence-electron chi connectivity index (χ4n) is 2.92. The summed E-state index contributed by atoms with van der Waals surface area (Å²) in [7, 11) is -3.89. The molecule has 0 fully saturated rings. The quantitative estimate of drug-likeness (QED) is 0.386. The fourth-order valence-corrected chi connectivity index (χ4v) is 4.31. The normalized spacial score (nSPS) is 12.1. The third-order valence-electron chi connectivity index (χ3n) is 4.60. The van der Waals surface area contributed by atoms with Crippen LogP contribution in [0.1, 0.15) is 24.7 Å². The van der Waals surface area contributed by atoms with Crippen LogP contribution in [0.4, 0.5) is 0 Å². The summed E-state index contributed by atoms with van der Waals surface area (Å²) >= 11 is 0. The number of hydrazone groups is 1. The summed E-state index contributed by atoms with van der Waals surface area (Å²) < 4.78 is 32.5. The van der Waals surface area contributed by atoms with E-state index in [2.05, 4.69) is 10.5 Å². The number of sulfonamides is 1. The number of rotatable bonds is 10. The number of aryl methyl sites for hydroxylation is 1. The third kappa shape index (κ3) is 6.63. The maximum Gasteiger partial charge on any atom is 0.255 e. The molecule has 0 spiro atoms. The van der Waals surface area contributed by atoms with Gasteiger partial charge in [-0.3, -0.25) is 4.79 Å². The fraction of sp³-hybridized carbons (Fsp3) is 0.217. The second-order valence-corrected chi connectivity index (χ2v) is 8.97. The topological polar surface area (TPSA) is 92.0 Å². The van der Waals surface area contributed by atoms with Crippen molar-refractivity contribution in [3.8, 4) is 0 Å². The lowest BCUT2D eigenvalue weighted by atomic mass is 10.1. The Morgan fingerprint density at radius 2 is 1.68 bits per heavy atom. The van der Waals surface area contributed by atoms with Crippen molar-refractivity contribution >= 4 is 21.6 Å². The molecule has 0 radical (unpaired) electrons. The monoisotopic (exact) mass is 439 g/mol. The Hall–Kier alpha value is -3.23. The molecule has 0 bridgehead atoms. The lowest BCUT2D eigenvalue weighted by Gasteiger charge is -2.20. The van der Waals surface area contributed by atoms with Gasteiger partial charge < -0.3 is 4.42 Å². The molecule has 0 saturated carbocycles. The highest BCUT2D eigenvalue weighted by atomic mass is 32.2. The molecule has 2 aromatic carbocycles. The van der Waals surface area contributed by atoms with Crippen molar-refractivity contribution in [1.82, 2.24) is 9.73 Å². The molecule has 162 valence electrons. The van der Waals surface area contributed by atoms with Crippen LogP contribution in [0.15, 0.2) is 93.5 Å². The standard InChI is InChI=1S/C23H25N3O4S/c1-19(14-15-20-9-4-2-5-10-20)24-25-23(27)18-26(17-21-11-8-16-30-21)31(28,29)22-12-6-3-7-13-22/h2-13,16H,14-15,17-18H2,1H3,(H,25,27). The number of carbonyl (C=O) groups is 1. The van der Waals surface area contributed by atoms with Crippen molar-refractivity contribution in [3.05, 3.63) is 90.4 Å². The maximum absolute atomic E-state index is 13.1. The molecule has 1 N–H and O–H groups in total. The van der Waals surface area contributed by atoms with Crippen molar-refractivity contribution in [3.63, 3.8) is 0 Å². The predicted octanol–water partition coefficient (Wildman–Crippen LogP) is 3.60. The highest BCUT2D eigenvalue weighted by Crippen LogP contribution is 2.18. The molecular weight excluding hydrogens is 414 g/mol. The first kappa shape index (κ1) is 22.5. The number of nitrogens with one attached hydrogen (secondary N) is 1. The summed E-state index contributed by atoms with van der Waals surface area (Å²) in [6.07, 6.45) is 2.95. The smallest absolute Gasteiger partial charge is 0.255 e. The van der Waals surface area contributed by atoms with Gasteiger partial charge in [0.05, 0.1) is 24.2 Å². The molecule has 1 heterocycles. The van der Waals surface area contributed by atoms with Crippen LogP contribution >= 0.6 is 0 Å². The van der Waals surface area contributed by atoms with E-state index in [1.165, 1.54) is 24.0 Å². The van der Waals surface area contributed by atoms with Crippen molar-refractivity contribution in [2.24, 2.45) is 5.10 Å². The molecule has 7 nitrogen and oxygen atoms in total. The van der Waals surface area contributed by atoms with Gasteiger partial charge in [0, 0.05) is 5.71 Å². The Balaban J connectivity index is 1.65. The van der Waals surface area contributed by atoms with Crippen LogP contribution in [0.2, 0.25) is 0 Å². The minimum absolute atomic E-state index is 0.0612. The van der Waals surface area contributed by atoms with Crippen LogP contribution in [0, 0.1) is 0 Å². The first-order valence-corrected chi connectivity index (χ1v) is 11.3. The molecule has 0 aliphatic carbocycles. The van der Waals surface area contributed by atoms with Gasteiger partial charge >= 0.3 is 0 Å². The molecule has 0 unspecified atom stereocenters. The van der Waals surface area contributed by atoms with Crippen LogP contribution in [0.25, 0.3) is 0 Å². The van der Waals surface area contributed by atoms with Gasteiger partial charge in [-0.2, -0.15) is 9.41 Å². The summed E-state index contributed by atoms with van der Waals surface area (Å²) in [4.78, 5) is 12.6. The first-order valence-electron chi connectivity index (χ1n) is 9.88. The first-order chi connectivity index (χ1) is 14.9. The second-order valence-electron chi connectivity index (χ2n) is 7.03. The Bertz CT molecular complexity index is 1100. The lowest BCUT2D eigenvalue weighted by Crippen LogP contribution is -2.39. The number of nitrogens with zero attached hydrogens (tertiary/aromatic N) is 2. The number of benzene rings is 2. The van der Waals surface area contributed by atoms with Gasteiger partial charge in [0.25, 0.3) is 5.91 Å².